The molecule has 0 spiro atoms. The highest BCUT2D eigenvalue weighted by molar-refractivity contribution is 7.18. The zero-order valence-corrected chi connectivity index (χ0v) is 12.1. The molecule has 3 nitrogen and oxygen atoms in total. The maximum Gasteiger partial charge on any atom is 0.255 e. The van der Waals surface area contributed by atoms with Crippen molar-refractivity contribution in [3.05, 3.63) is 58.6 Å². The second-order valence-electron chi connectivity index (χ2n) is 4.74. The van der Waals surface area contributed by atoms with Gasteiger partial charge in [0.15, 0.2) is 0 Å². The number of hydrogen-bond acceptors (Lipinski definition) is 3. The number of carbonyl (C=O) groups is 1. The van der Waals surface area contributed by atoms with Crippen LogP contribution < -0.4 is 5.32 Å². The SMILES string of the molecule is Cc1ccc(C(=O)Nc2ccc3sc(C)nc3c2)cc1. The molecular weight excluding hydrogens is 268 g/mol. The summed E-state index contributed by atoms with van der Waals surface area (Å²) in [5.41, 5.74) is 3.49. The number of benzene rings is 2. The highest BCUT2D eigenvalue weighted by atomic mass is 32.1. The van der Waals surface area contributed by atoms with Gasteiger partial charge in [-0.15, -0.1) is 11.3 Å². The highest BCUT2D eigenvalue weighted by Gasteiger charge is 2.07. The molecule has 3 rings (SSSR count). The van der Waals surface area contributed by atoms with E-state index in [4.69, 9.17) is 0 Å². The number of anilines is 1. The van der Waals surface area contributed by atoms with Gasteiger partial charge in [-0.3, -0.25) is 4.79 Å². The summed E-state index contributed by atoms with van der Waals surface area (Å²) in [5, 5.41) is 3.93. The lowest BCUT2D eigenvalue weighted by Gasteiger charge is -2.05. The Kier molecular flexibility index (Phi) is 3.24. The van der Waals surface area contributed by atoms with Gasteiger partial charge in [0.25, 0.3) is 5.91 Å². The molecule has 0 saturated heterocycles. The summed E-state index contributed by atoms with van der Waals surface area (Å²) in [5.74, 6) is -0.101. The summed E-state index contributed by atoms with van der Waals surface area (Å²) in [4.78, 5) is 16.6. The van der Waals surface area contributed by atoms with Gasteiger partial charge in [0, 0.05) is 11.3 Å². The van der Waals surface area contributed by atoms with Crippen LogP contribution in [0.5, 0.6) is 0 Å². The maximum absolute atomic E-state index is 12.1. The zero-order chi connectivity index (χ0) is 14.1. The van der Waals surface area contributed by atoms with Crippen molar-refractivity contribution >= 4 is 33.1 Å². The molecule has 0 aliphatic heterocycles. The first-order valence-corrected chi connectivity index (χ1v) is 7.19. The molecule has 2 aromatic carbocycles. The van der Waals surface area contributed by atoms with E-state index < -0.39 is 0 Å². The summed E-state index contributed by atoms with van der Waals surface area (Å²) in [7, 11) is 0. The average Bonchev–Trinajstić information content (AvgIpc) is 2.78. The quantitative estimate of drug-likeness (QED) is 0.766. The van der Waals surface area contributed by atoms with Crippen molar-refractivity contribution in [2.24, 2.45) is 0 Å². The van der Waals surface area contributed by atoms with Crippen LogP contribution in [-0.4, -0.2) is 10.9 Å². The van der Waals surface area contributed by atoms with Crippen molar-refractivity contribution in [2.45, 2.75) is 13.8 Å². The average molecular weight is 282 g/mol. The van der Waals surface area contributed by atoms with E-state index >= 15 is 0 Å². The number of carbonyl (C=O) groups excluding carboxylic acids is 1. The number of thiazole rings is 1. The molecule has 0 aliphatic rings. The molecule has 0 saturated carbocycles. The van der Waals surface area contributed by atoms with E-state index in [0.29, 0.717) is 5.56 Å². The van der Waals surface area contributed by atoms with E-state index in [1.807, 2.05) is 56.3 Å². The fourth-order valence-corrected chi connectivity index (χ4v) is 2.84. The van der Waals surface area contributed by atoms with Crippen molar-refractivity contribution < 1.29 is 4.79 Å². The van der Waals surface area contributed by atoms with Crippen LogP contribution in [0.4, 0.5) is 5.69 Å². The number of amides is 1. The zero-order valence-electron chi connectivity index (χ0n) is 11.3. The third-order valence-electron chi connectivity index (χ3n) is 3.07. The summed E-state index contributed by atoms with van der Waals surface area (Å²) in [6.45, 7) is 3.98. The van der Waals surface area contributed by atoms with Gasteiger partial charge in [-0.1, -0.05) is 17.7 Å². The minimum absolute atomic E-state index is 0.101. The van der Waals surface area contributed by atoms with Gasteiger partial charge in [0.1, 0.15) is 0 Å². The Morgan fingerprint density at radius 2 is 1.85 bits per heavy atom. The van der Waals surface area contributed by atoms with E-state index in [1.54, 1.807) is 11.3 Å². The molecule has 0 fully saturated rings. The number of hydrogen-bond donors (Lipinski definition) is 1. The van der Waals surface area contributed by atoms with E-state index in [9.17, 15) is 4.79 Å². The Labute approximate surface area is 121 Å². The van der Waals surface area contributed by atoms with Gasteiger partial charge in [-0.25, -0.2) is 4.98 Å². The summed E-state index contributed by atoms with van der Waals surface area (Å²) in [6.07, 6.45) is 0. The molecule has 0 aliphatic carbocycles. The van der Waals surface area contributed by atoms with Gasteiger partial charge in [0.2, 0.25) is 0 Å². The van der Waals surface area contributed by atoms with Crippen LogP contribution in [-0.2, 0) is 0 Å². The fourth-order valence-electron chi connectivity index (χ4n) is 2.03. The highest BCUT2D eigenvalue weighted by Crippen LogP contribution is 2.24. The predicted octanol–water partition coefficient (Wildman–Crippen LogP) is 4.17. The lowest BCUT2D eigenvalue weighted by Crippen LogP contribution is -2.11. The Hall–Kier alpha value is -2.20. The normalized spacial score (nSPS) is 10.7. The molecule has 3 aromatic rings. The molecule has 20 heavy (non-hydrogen) atoms. The Balaban J connectivity index is 1.84. The number of nitrogens with one attached hydrogen (secondary N) is 1. The minimum atomic E-state index is -0.101. The second kappa shape index (κ2) is 5.06. The third-order valence-corrected chi connectivity index (χ3v) is 4.02. The van der Waals surface area contributed by atoms with E-state index in [1.165, 1.54) is 0 Å². The van der Waals surface area contributed by atoms with Crippen molar-refractivity contribution in [1.29, 1.82) is 0 Å². The topological polar surface area (TPSA) is 42.0 Å². The molecule has 1 heterocycles. The molecule has 0 atom stereocenters. The Morgan fingerprint density at radius 3 is 2.60 bits per heavy atom. The molecule has 4 heteroatoms. The van der Waals surface area contributed by atoms with Crippen molar-refractivity contribution in [2.75, 3.05) is 5.32 Å². The van der Waals surface area contributed by atoms with Crippen molar-refractivity contribution in [1.82, 2.24) is 4.98 Å². The number of aryl methyl sites for hydroxylation is 2. The summed E-state index contributed by atoms with van der Waals surface area (Å²) in [6, 6.07) is 13.3. The molecular formula is C16H14N2OS. The molecule has 0 bridgehead atoms. The Bertz CT molecular complexity index is 775. The maximum atomic E-state index is 12.1. The first kappa shape index (κ1) is 12.8. The second-order valence-corrected chi connectivity index (χ2v) is 5.97. The van der Waals surface area contributed by atoms with Gasteiger partial charge in [0.05, 0.1) is 15.2 Å². The van der Waals surface area contributed by atoms with Crippen LogP contribution in [0.25, 0.3) is 10.2 Å². The summed E-state index contributed by atoms with van der Waals surface area (Å²) >= 11 is 1.65. The molecule has 0 unspecified atom stereocenters. The van der Waals surface area contributed by atoms with Gasteiger partial charge in [-0.05, 0) is 44.2 Å². The van der Waals surface area contributed by atoms with E-state index in [2.05, 4.69) is 10.3 Å². The van der Waals surface area contributed by atoms with Crippen molar-refractivity contribution in [3.8, 4) is 0 Å². The van der Waals surface area contributed by atoms with Crippen LogP contribution >= 0.6 is 11.3 Å². The predicted molar refractivity (Wildman–Crippen MR) is 83.5 cm³/mol. The molecule has 100 valence electrons. The van der Waals surface area contributed by atoms with Crippen LogP contribution in [0.1, 0.15) is 20.9 Å². The third kappa shape index (κ3) is 2.56. The molecule has 1 aromatic heterocycles. The Morgan fingerprint density at radius 1 is 1.10 bits per heavy atom. The van der Waals surface area contributed by atoms with E-state index in [0.717, 1.165) is 26.5 Å². The first-order valence-electron chi connectivity index (χ1n) is 6.37. The number of rotatable bonds is 2. The summed E-state index contributed by atoms with van der Waals surface area (Å²) < 4.78 is 1.14. The smallest absolute Gasteiger partial charge is 0.255 e. The lowest BCUT2D eigenvalue weighted by atomic mass is 10.1. The number of nitrogens with zero attached hydrogens (tertiary/aromatic N) is 1. The van der Waals surface area contributed by atoms with Gasteiger partial charge < -0.3 is 5.32 Å². The van der Waals surface area contributed by atoms with Gasteiger partial charge in [-0.2, -0.15) is 0 Å². The largest absolute Gasteiger partial charge is 0.322 e. The molecule has 1 N–H and O–H groups in total. The van der Waals surface area contributed by atoms with Crippen LogP contribution in [0, 0.1) is 13.8 Å². The standard InChI is InChI=1S/C16H14N2OS/c1-10-3-5-12(6-4-10)16(19)18-13-7-8-15-14(9-13)17-11(2)20-15/h3-9H,1-2H3,(H,18,19). The van der Waals surface area contributed by atoms with Crippen molar-refractivity contribution in [3.63, 3.8) is 0 Å². The minimum Gasteiger partial charge on any atom is -0.322 e. The molecule has 0 radical (unpaired) electrons. The number of aromatic nitrogens is 1. The first-order chi connectivity index (χ1) is 9.61. The van der Waals surface area contributed by atoms with Crippen LogP contribution in [0.15, 0.2) is 42.5 Å². The van der Waals surface area contributed by atoms with E-state index in [-0.39, 0.29) is 5.91 Å². The molecule has 1 amide bonds. The monoisotopic (exact) mass is 282 g/mol. The van der Waals surface area contributed by atoms with Gasteiger partial charge >= 0.3 is 0 Å². The lowest BCUT2D eigenvalue weighted by molar-refractivity contribution is 0.102. The van der Waals surface area contributed by atoms with Crippen LogP contribution in [0.2, 0.25) is 0 Å². The number of fused-ring (bicyclic) bond motifs is 1. The van der Waals surface area contributed by atoms with Crippen LogP contribution in [0.3, 0.4) is 0 Å². The fraction of sp³-hybridized carbons (Fsp3) is 0.125.